The van der Waals surface area contributed by atoms with Crippen LogP contribution in [0.25, 0.3) is 21.6 Å². The van der Waals surface area contributed by atoms with E-state index in [1.807, 2.05) is 55.6 Å². The zero-order chi connectivity index (χ0) is 29.2. The number of ether oxygens (including phenoxy) is 1. The van der Waals surface area contributed by atoms with Crippen molar-refractivity contribution in [3.63, 3.8) is 0 Å². The molecular formula is C31H26N4O5S. The van der Waals surface area contributed by atoms with Crippen LogP contribution in [-0.4, -0.2) is 44.2 Å². The summed E-state index contributed by atoms with van der Waals surface area (Å²) in [4.78, 5) is 50.2. The maximum Gasteiger partial charge on any atom is 0.337 e. The van der Waals surface area contributed by atoms with Gasteiger partial charge in [-0.1, -0.05) is 35.6 Å². The van der Waals surface area contributed by atoms with Crippen molar-refractivity contribution < 1.29 is 24.2 Å². The Labute approximate surface area is 239 Å². The highest BCUT2D eigenvalue weighted by atomic mass is 32.1. The number of fused-ring (bicyclic) bond motifs is 2. The second-order valence-electron chi connectivity index (χ2n) is 10.1. The van der Waals surface area contributed by atoms with Gasteiger partial charge in [0.25, 0.3) is 5.78 Å². The lowest BCUT2D eigenvalue weighted by molar-refractivity contribution is -0.132. The van der Waals surface area contributed by atoms with Crippen molar-refractivity contribution in [2.75, 3.05) is 12.0 Å². The fourth-order valence-electron chi connectivity index (χ4n) is 5.40. The predicted octanol–water partition coefficient (Wildman–Crippen LogP) is 5.59. The number of amides is 1. The molecule has 9 nitrogen and oxygen atoms in total. The molecule has 2 aromatic carbocycles. The number of hydrogen-bond donors (Lipinski definition) is 1. The molecule has 0 radical (unpaired) electrons. The number of methoxy groups -OCH3 is 1. The van der Waals surface area contributed by atoms with Crippen LogP contribution in [0.3, 0.4) is 0 Å². The summed E-state index contributed by atoms with van der Waals surface area (Å²) in [5.41, 5.74) is 5.84. The highest BCUT2D eigenvalue weighted by Crippen LogP contribution is 2.45. The van der Waals surface area contributed by atoms with E-state index in [1.165, 1.54) is 23.3 Å². The minimum atomic E-state index is -1.01. The molecule has 4 heterocycles. The molecule has 0 aliphatic carbocycles. The summed E-state index contributed by atoms with van der Waals surface area (Å²) >= 11 is 1.30. The van der Waals surface area contributed by atoms with Crippen LogP contribution in [0.2, 0.25) is 0 Å². The van der Waals surface area contributed by atoms with Gasteiger partial charge < -0.3 is 14.2 Å². The molecule has 1 aliphatic heterocycles. The van der Waals surface area contributed by atoms with Gasteiger partial charge >= 0.3 is 11.9 Å². The Balaban J connectivity index is 1.59. The molecular weight excluding hydrogens is 540 g/mol. The number of thiazole rings is 1. The summed E-state index contributed by atoms with van der Waals surface area (Å²) < 4.78 is 7.54. The normalized spacial score (nSPS) is 16.7. The van der Waals surface area contributed by atoms with E-state index in [0.29, 0.717) is 27.6 Å². The first kappa shape index (κ1) is 26.4. The number of carbonyl (C=O) groups is 3. The monoisotopic (exact) mass is 566 g/mol. The highest BCUT2D eigenvalue weighted by Gasteiger charge is 2.48. The van der Waals surface area contributed by atoms with Crippen molar-refractivity contribution >= 4 is 55.8 Å². The van der Waals surface area contributed by atoms with E-state index in [-0.39, 0.29) is 17.0 Å². The molecule has 3 aromatic heterocycles. The number of pyridine rings is 1. The maximum atomic E-state index is 13.7. The third kappa shape index (κ3) is 4.10. The smallest absolute Gasteiger partial charge is 0.337 e. The zero-order valence-electron chi connectivity index (χ0n) is 23.1. The van der Waals surface area contributed by atoms with Crippen LogP contribution >= 0.6 is 11.3 Å². The SMILES string of the molecule is COC(=O)c1ccc(C2C(=C(O)c3nc4c(C)cccn4c3C)C(=O)C(=O)N2c2nc3c(C)cc(C)cc3s2)cc1. The summed E-state index contributed by atoms with van der Waals surface area (Å²) in [6, 6.07) is 13.2. The number of aryl methyl sites for hydroxylation is 4. The molecule has 1 saturated heterocycles. The van der Waals surface area contributed by atoms with Gasteiger partial charge in [0.15, 0.2) is 10.9 Å². The number of anilines is 1. The number of nitrogens with zero attached hydrogens (tertiary/aromatic N) is 4. The van der Waals surface area contributed by atoms with Gasteiger partial charge in [-0.25, -0.2) is 14.8 Å². The largest absolute Gasteiger partial charge is 0.505 e. The first-order valence-corrected chi connectivity index (χ1v) is 13.7. The number of imidazole rings is 1. The molecule has 41 heavy (non-hydrogen) atoms. The van der Waals surface area contributed by atoms with E-state index < -0.39 is 23.7 Å². The minimum absolute atomic E-state index is 0.0999. The predicted molar refractivity (Wildman–Crippen MR) is 156 cm³/mol. The van der Waals surface area contributed by atoms with E-state index in [0.717, 1.165) is 26.9 Å². The van der Waals surface area contributed by atoms with Crippen molar-refractivity contribution in [2.45, 2.75) is 33.7 Å². The van der Waals surface area contributed by atoms with Crippen LogP contribution in [0.5, 0.6) is 0 Å². The number of Topliss-reactive ketones (excluding diaryl/α,β-unsaturated/α-hetero) is 1. The summed E-state index contributed by atoms with van der Waals surface area (Å²) in [7, 11) is 1.29. The Morgan fingerprint density at radius 3 is 2.41 bits per heavy atom. The lowest BCUT2D eigenvalue weighted by Gasteiger charge is -2.23. The lowest BCUT2D eigenvalue weighted by Crippen LogP contribution is -2.29. The van der Waals surface area contributed by atoms with Crippen LogP contribution in [0, 0.1) is 27.7 Å². The molecule has 1 aliphatic rings. The number of aliphatic hydroxyl groups excluding tert-OH is 1. The van der Waals surface area contributed by atoms with Crippen molar-refractivity contribution in [1.29, 1.82) is 0 Å². The number of hydrogen-bond acceptors (Lipinski definition) is 8. The van der Waals surface area contributed by atoms with Crippen LogP contribution in [0.1, 0.15) is 50.0 Å². The number of aliphatic hydroxyl groups is 1. The summed E-state index contributed by atoms with van der Waals surface area (Å²) in [6.07, 6.45) is 1.83. The van der Waals surface area contributed by atoms with E-state index >= 15 is 0 Å². The standard InChI is InChI=1S/C31H26N4O5S/c1-15-13-17(3)23-21(14-15)41-31(33-23)35-25(19-8-10-20(11-9-19)30(39)40-5)22(27(37)29(35)38)26(36)24-18(4)34-12-6-7-16(2)28(34)32-24/h6-14,25,36H,1-5H3. The average molecular weight is 567 g/mol. The molecule has 1 fully saturated rings. The average Bonchev–Trinajstić information content (AvgIpc) is 3.61. The van der Waals surface area contributed by atoms with Crippen LogP contribution in [-0.2, 0) is 14.3 Å². The lowest BCUT2D eigenvalue weighted by atomic mass is 9.95. The number of rotatable bonds is 4. The third-order valence-electron chi connectivity index (χ3n) is 7.42. The van der Waals surface area contributed by atoms with Gasteiger partial charge in [0.2, 0.25) is 0 Å². The maximum absolute atomic E-state index is 13.7. The van der Waals surface area contributed by atoms with E-state index in [1.54, 1.807) is 31.2 Å². The van der Waals surface area contributed by atoms with Crippen molar-refractivity contribution in [2.24, 2.45) is 0 Å². The van der Waals surface area contributed by atoms with E-state index in [4.69, 9.17) is 9.72 Å². The number of esters is 1. The van der Waals surface area contributed by atoms with Gasteiger partial charge in [-0.05, 0) is 74.2 Å². The molecule has 0 saturated carbocycles. The van der Waals surface area contributed by atoms with Gasteiger partial charge in [-0.15, -0.1) is 0 Å². The van der Waals surface area contributed by atoms with Gasteiger partial charge in [0.05, 0.1) is 40.2 Å². The molecule has 5 aromatic rings. The Morgan fingerprint density at radius 1 is 1.00 bits per heavy atom. The van der Waals surface area contributed by atoms with Crippen LogP contribution in [0.4, 0.5) is 5.13 Å². The molecule has 1 N–H and O–H groups in total. The van der Waals surface area contributed by atoms with Gasteiger partial charge in [-0.3, -0.25) is 14.5 Å². The molecule has 1 atom stereocenters. The Hall–Kier alpha value is -4.83. The number of aromatic nitrogens is 3. The van der Waals surface area contributed by atoms with Crippen LogP contribution in [0.15, 0.2) is 60.3 Å². The second kappa shape index (κ2) is 9.67. The van der Waals surface area contributed by atoms with E-state index in [2.05, 4.69) is 4.98 Å². The summed E-state index contributed by atoms with van der Waals surface area (Å²) in [6.45, 7) is 7.64. The topological polar surface area (TPSA) is 114 Å². The summed E-state index contributed by atoms with van der Waals surface area (Å²) in [5.74, 6) is -2.54. The third-order valence-corrected chi connectivity index (χ3v) is 8.43. The van der Waals surface area contributed by atoms with Crippen LogP contribution < -0.4 is 4.90 Å². The summed E-state index contributed by atoms with van der Waals surface area (Å²) in [5, 5.41) is 12.0. The Bertz CT molecular complexity index is 1950. The first-order chi connectivity index (χ1) is 19.6. The molecule has 1 amide bonds. The minimum Gasteiger partial charge on any atom is -0.505 e. The van der Waals surface area contributed by atoms with Gasteiger partial charge in [0.1, 0.15) is 11.3 Å². The number of carbonyl (C=O) groups excluding carboxylic acids is 3. The van der Waals surface area contributed by atoms with Gasteiger partial charge in [-0.2, -0.15) is 0 Å². The molecule has 1 unspecified atom stereocenters. The van der Waals surface area contributed by atoms with Crippen molar-refractivity contribution in [3.8, 4) is 0 Å². The highest BCUT2D eigenvalue weighted by molar-refractivity contribution is 7.22. The fourth-order valence-corrected chi connectivity index (χ4v) is 6.57. The Morgan fingerprint density at radius 2 is 1.73 bits per heavy atom. The van der Waals surface area contributed by atoms with E-state index in [9.17, 15) is 19.5 Å². The first-order valence-electron chi connectivity index (χ1n) is 12.9. The molecule has 10 heteroatoms. The quantitative estimate of drug-likeness (QED) is 0.131. The fraction of sp³-hybridized carbons (Fsp3) is 0.194. The zero-order valence-corrected chi connectivity index (χ0v) is 23.9. The van der Waals surface area contributed by atoms with Gasteiger partial charge in [0, 0.05) is 6.20 Å². The van der Waals surface area contributed by atoms with Crippen molar-refractivity contribution in [3.05, 3.63) is 99.5 Å². The molecule has 0 spiro atoms. The molecule has 0 bridgehead atoms. The van der Waals surface area contributed by atoms with Crippen molar-refractivity contribution in [1.82, 2.24) is 14.4 Å². The molecule has 206 valence electrons. The molecule has 6 rings (SSSR count). The second-order valence-corrected chi connectivity index (χ2v) is 11.1. The Kier molecular flexibility index (Phi) is 6.22. The number of benzene rings is 2. The number of ketones is 1.